The molecule has 1 aliphatic heterocycles. The third-order valence-electron chi connectivity index (χ3n) is 4.75. The lowest BCUT2D eigenvalue weighted by Crippen LogP contribution is -2.35. The second kappa shape index (κ2) is 6.29. The van der Waals surface area contributed by atoms with Crippen molar-refractivity contribution in [2.75, 3.05) is 17.2 Å². The molecule has 3 aromatic rings. The summed E-state index contributed by atoms with van der Waals surface area (Å²) in [5.41, 5.74) is 11.3. The number of rotatable bonds is 2. The van der Waals surface area contributed by atoms with Gasteiger partial charge in [-0.1, -0.05) is 6.07 Å². The molecule has 1 amide bonds. The first kappa shape index (κ1) is 16.3. The maximum absolute atomic E-state index is 13.0. The number of nitrogens with zero attached hydrogens (tertiary/aromatic N) is 4. The molecule has 2 N–H and O–H groups in total. The number of carbonyl (C=O) groups excluding carboxylic acids is 1. The molecular weight excluding hydrogens is 326 g/mol. The van der Waals surface area contributed by atoms with E-state index in [0.717, 1.165) is 41.2 Å². The van der Waals surface area contributed by atoms with E-state index in [2.05, 4.69) is 10.1 Å². The molecule has 26 heavy (non-hydrogen) atoms. The first-order valence-corrected chi connectivity index (χ1v) is 8.73. The van der Waals surface area contributed by atoms with Crippen molar-refractivity contribution < 1.29 is 4.79 Å². The minimum absolute atomic E-state index is 0.0519. The number of nitrogens with two attached hydrogens (primary N) is 1. The Balaban J connectivity index is 1.64. The first-order chi connectivity index (χ1) is 12.5. The van der Waals surface area contributed by atoms with Crippen molar-refractivity contribution in [3.05, 3.63) is 65.1 Å². The molecule has 132 valence electrons. The summed E-state index contributed by atoms with van der Waals surface area (Å²) in [6.07, 6.45) is 3.43. The van der Waals surface area contributed by atoms with E-state index in [0.29, 0.717) is 17.9 Å². The number of anilines is 2. The Labute approximate surface area is 152 Å². The van der Waals surface area contributed by atoms with Gasteiger partial charge in [0.2, 0.25) is 0 Å². The number of hydrogen-bond acceptors (Lipinski definition) is 4. The van der Waals surface area contributed by atoms with Gasteiger partial charge in [0.15, 0.2) is 5.82 Å². The zero-order chi connectivity index (χ0) is 18.3. The highest BCUT2D eigenvalue weighted by atomic mass is 16.2. The fourth-order valence-electron chi connectivity index (χ4n) is 3.52. The van der Waals surface area contributed by atoms with Gasteiger partial charge >= 0.3 is 0 Å². The number of benzene rings is 1. The molecule has 0 fully saturated rings. The number of carbonyl (C=O) groups is 1. The predicted octanol–water partition coefficient (Wildman–Crippen LogP) is 3.06. The zero-order valence-electron chi connectivity index (χ0n) is 14.9. The zero-order valence-corrected chi connectivity index (χ0v) is 14.9. The van der Waals surface area contributed by atoms with E-state index in [4.69, 9.17) is 5.73 Å². The van der Waals surface area contributed by atoms with E-state index in [-0.39, 0.29) is 5.91 Å². The SMILES string of the molecule is Cc1cc(C)n(-c2ccc(C(=O)N3CCCc4c(N)cccc43)cn2)n1. The third kappa shape index (κ3) is 2.73. The van der Waals surface area contributed by atoms with Crippen LogP contribution in [0, 0.1) is 13.8 Å². The van der Waals surface area contributed by atoms with Crippen molar-refractivity contribution >= 4 is 17.3 Å². The summed E-state index contributed by atoms with van der Waals surface area (Å²) >= 11 is 0. The topological polar surface area (TPSA) is 77.0 Å². The second-order valence-corrected chi connectivity index (χ2v) is 6.65. The molecule has 1 aromatic carbocycles. The van der Waals surface area contributed by atoms with Gasteiger partial charge in [-0.05, 0) is 62.6 Å². The lowest BCUT2D eigenvalue weighted by molar-refractivity contribution is 0.0985. The van der Waals surface area contributed by atoms with Gasteiger partial charge in [0, 0.05) is 29.8 Å². The highest BCUT2D eigenvalue weighted by Crippen LogP contribution is 2.32. The van der Waals surface area contributed by atoms with E-state index in [9.17, 15) is 4.79 Å². The maximum Gasteiger partial charge on any atom is 0.259 e. The van der Waals surface area contributed by atoms with Gasteiger partial charge in [-0.2, -0.15) is 5.10 Å². The summed E-state index contributed by atoms with van der Waals surface area (Å²) < 4.78 is 1.78. The molecule has 0 unspecified atom stereocenters. The van der Waals surface area contributed by atoms with Crippen molar-refractivity contribution in [3.63, 3.8) is 0 Å². The summed E-state index contributed by atoms with van der Waals surface area (Å²) in [7, 11) is 0. The molecule has 4 rings (SSSR count). The Bertz CT molecular complexity index is 974. The van der Waals surface area contributed by atoms with E-state index in [1.807, 2.05) is 50.2 Å². The van der Waals surface area contributed by atoms with E-state index < -0.39 is 0 Å². The van der Waals surface area contributed by atoms with Crippen molar-refractivity contribution in [2.45, 2.75) is 26.7 Å². The van der Waals surface area contributed by atoms with Crippen LogP contribution in [-0.4, -0.2) is 27.2 Å². The molecule has 0 saturated carbocycles. The summed E-state index contributed by atoms with van der Waals surface area (Å²) in [6.45, 7) is 4.62. The fourth-order valence-corrected chi connectivity index (χ4v) is 3.52. The van der Waals surface area contributed by atoms with Crippen molar-refractivity contribution in [3.8, 4) is 5.82 Å². The Morgan fingerprint density at radius 1 is 1.19 bits per heavy atom. The van der Waals surface area contributed by atoms with Gasteiger partial charge in [-0.25, -0.2) is 9.67 Å². The predicted molar refractivity (Wildman–Crippen MR) is 102 cm³/mol. The quantitative estimate of drug-likeness (QED) is 0.723. The Morgan fingerprint density at radius 2 is 2.04 bits per heavy atom. The first-order valence-electron chi connectivity index (χ1n) is 8.73. The van der Waals surface area contributed by atoms with Crippen LogP contribution in [0.1, 0.15) is 33.7 Å². The Hall–Kier alpha value is -3.15. The standard InChI is InChI=1S/C20H21N5O/c1-13-11-14(2)25(23-13)19-9-8-15(12-22-19)20(26)24-10-4-5-16-17(21)6-3-7-18(16)24/h3,6-9,11-12H,4-5,10,21H2,1-2H3. The van der Waals surface area contributed by atoms with Gasteiger partial charge in [-0.3, -0.25) is 4.79 Å². The van der Waals surface area contributed by atoms with Crippen LogP contribution < -0.4 is 10.6 Å². The number of aromatic nitrogens is 3. The normalized spacial score (nSPS) is 13.5. The Kier molecular flexibility index (Phi) is 3.95. The van der Waals surface area contributed by atoms with Crippen LogP contribution in [0.25, 0.3) is 5.82 Å². The van der Waals surface area contributed by atoms with Gasteiger partial charge in [0.25, 0.3) is 5.91 Å². The van der Waals surface area contributed by atoms with Crippen molar-refractivity contribution in [1.29, 1.82) is 0 Å². The number of hydrogen-bond donors (Lipinski definition) is 1. The number of nitrogen functional groups attached to an aromatic ring is 1. The number of aryl methyl sites for hydroxylation is 2. The number of pyridine rings is 1. The molecule has 0 saturated heterocycles. The van der Waals surface area contributed by atoms with Crippen molar-refractivity contribution in [2.24, 2.45) is 0 Å². The third-order valence-corrected chi connectivity index (χ3v) is 4.75. The minimum Gasteiger partial charge on any atom is -0.398 e. The van der Waals surface area contributed by atoms with Crippen LogP contribution in [0.3, 0.4) is 0 Å². The molecule has 0 radical (unpaired) electrons. The molecule has 0 aliphatic carbocycles. The molecule has 6 nitrogen and oxygen atoms in total. The van der Waals surface area contributed by atoms with Crippen LogP contribution >= 0.6 is 0 Å². The number of fused-ring (bicyclic) bond motifs is 1. The lowest BCUT2D eigenvalue weighted by atomic mass is 9.99. The summed E-state index contributed by atoms with van der Waals surface area (Å²) in [4.78, 5) is 19.3. The van der Waals surface area contributed by atoms with E-state index in [1.165, 1.54) is 0 Å². The molecule has 0 atom stereocenters. The molecular formula is C20H21N5O. The van der Waals surface area contributed by atoms with Gasteiger partial charge in [0.05, 0.1) is 11.3 Å². The number of amides is 1. The average molecular weight is 347 g/mol. The molecule has 0 bridgehead atoms. The van der Waals surface area contributed by atoms with Crippen LogP contribution in [0.4, 0.5) is 11.4 Å². The van der Waals surface area contributed by atoms with Gasteiger partial charge in [-0.15, -0.1) is 0 Å². The fraction of sp³-hybridized carbons (Fsp3) is 0.250. The highest BCUT2D eigenvalue weighted by Gasteiger charge is 2.25. The minimum atomic E-state index is -0.0519. The monoisotopic (exact) mass is 347 g/mol. The smallest absolute Gasteiger partial charge is 0.259 e. The molecule has 3 heterocycles. The maximum atomic E-state index is 13.0. The molecule has 2 aromatic heterocycles. The van der Waals surface area contributed by atoms with Crippen LogP contribution in [0.2, 0.25) is 0 Å². The molecule has 1 aliphatic rings. The second-order valence-electron chi connectivity index (χ2n) is 6.65. The van der Waals surface area contributed by atoms with Crippen LogP contribution in [0.15, 0.2) is 42.6 Å². The summed E-state index contributed by atoms with van der Waals surface area (Å²) in [6, 6.07) is 11.4. The van der Waals surface area contributed by atoms with Gasteiger partial charge in [0.1, 0.15) is 0 Å². The van der Waals surface area contributed by atoms with Crippen molar-refractivity contribution in [1.82, 2.24) is 14.8 Å². The largest absolute Gasteiger partial charge is 0.398 e. The average Bonchev–Trinajstić information content (AvgIpc) is 2.99. The summed E-state index contributed by atoms with van der Waals surface area (Å²) in [5.74, 6) is 0.652. The molecule has 0 spiro atoms. The summed E-state index contributed by atoms with van der Waals surface area (Å²) in [5, 5.41) is 4.43. The lowest BCUT2D eigenvalue weighted by Gasteiger charge is -2.30. The van der Waals surface area contributed by atoms with E-state index in [1.54, 1.807) is 15.8 Å². The van der Waals surface area contributed by atoms with Crippen LogP contribution in [-0.2, 0) is 6.42 Å². The highest BCUT2D eigenvalue weighted by molar-refractivity contribution is 6.07. The Morgan fingerprint density at radius 3 is 2.73 bits per heavy atom. The van der Waals surface area contributed by atoms with Gasteiger partial charge < -0.3 is 10.6 Å². The van der Waals surface area contributed by atoms with E-state index >= 15 is 0 Å². The van der Waals surface area contributed by atoms with Crippen LogP contribution in [0.5, 0.6) is 0 Å². The molecule has 6 heteroatoms.